The van der Waals surface area contributed by atoms with Crippen LogP contribution in [0, 0.1) is 0 Å². The van der Waals surface area contributed by atoms with Crippen LogP contribution in [0.1, 0.15) is 258 Å². The van der Waals surface area contributed by atoms with Crippen LogP contribution in [-0.4, -0.2) is 37.2 Å². The van der Waals surface area contributed by atoms with Crippen molar-refractivity contribution in [3.05, 3.63) is 85.1 Å². The molecule has 0 aromatic rings. The SMILES string of the molecule is CC\C=C/C=C\C=C/C=C\CCCCCCCC(=O)OC(COC(=O)CCCCCCCCC/C=C\C/C=C\CC)COC(=O)CCCCCCCCC/C=C\CCCCCCCCCC. The summed E-state index contributed by atoms with van der Waals surface area (Å²) in [4.78, 5) is 38.1. The summed E-state index contributed by atoms with van der Waals surface area (Å²) in [7, 11) is 0. The molecular weight excluding hydrogens is 817 g/mol. The van der Waals surface area contributed by atoms with E-state index in [0.29, 0.717) is 19.3 Å². The topological polar surface area (TPSA) is 78.9 Å². The van der Waals surface area contributed by atoms with Gasteiger partial charge in [0.25, 0.3) is 0 Å². The molecule has 1 unspecified atom stereocenters. The van der Waals surface area contributed by atoms with Gasteiger partial charge in [-0.1, -0.05) is 234 Å². The first-order chi connectivity index (χ1) is 32.5. The summed E-state index contributed by atoms with van der Waals surface area (Å²) in [5.41, 5.74) is 0. The van der Waals surface area contributed by atoms with Crippen LogP contribution in [0.2, 0.25) is 0 Å². The van der Waals surface area contributed by atoms with Crippen LogP contribution in [-0.2, 0) is 28.6 Å². The molecule has 0 amide bonds. The van der Waals surface area contributed by atoms with Crippen molar-refractivity contribution in [1.82, 2.24) is 0 Å². The van der Waals surface area contributed by atoms with Crippen molar-refractivity contribution in [2.24, 2.45) is 0 Å². The van der Waals surface area contributed by atoms with E-state index in [2.05, 4.69) is 87.6 Å². The average molecular weight is 919 g/mol. The molecule has 0 radical (unpaired) electrons. The Morgan fingerprint density at radius 1 is 0.333 bits per heavy atom. The predicted molar refractivity (Wildman–Crippen MR) is 284 cm³/mol. The molecule has 0 heterocycles. The van der Waals surface area contributed by atoms with Crippen LogP contribution in [0.15, 0.2) is 85.1 Å². The summed E-state index contributed by atoms with van der Waals surface area (Å²) in [6.45, 7) is 6.37. The lowest BCUT2D eigenvalue weighted by Crippen LogP contribution is -2.30. The molecule has 0 fully saturated rings. The van der Waals surface area contributed by atoms with Crippen molar-refractivity contribution in [1.29, 1.82) is 0 Å². The third-order valence-electron chi connectivity index (χ3n) is 11.7. The fraction of sp³-hybridized carbons (Fsp3) is 0.717. The van der Waals surface area contributed by atoms with E-state index in [1.165, 1.54) is 116 Å². The molecule has 0 saturated heterocycles. The molecular formula is C60H102O6. The molecule has 66 heavy (non-hydrogen) atoms. The van der Waals surface area contributed by atoms with E-state index >= 15 is 0 Å². The first-order valence-corrected chi connectivity index (χ1v) is 27.6. The lowest BCUT2D eigenvalue weighted by Gasteiger charge is -2.18. The fourth-order valence-corrected chi connectivity index (χ4v) is 7.60. The number of hydrogen-bond donors (Lipinski definition) is 0. The summed E-state index contributed by atoms with van der Waals surface area (Å²) in [5.74, 6) is -0.924. The highest BCUT2D eigenvalue weighted by atomic mass is 16.6. The van der Waals surface area contributed by atoms with Gasteiger partial charge < -0.3 is 14.2 Å². The summed E-state index contributed by atoms with van der Waals surface area (Å²) in [5, 5.41) is 0. The smallest absolute Gasteiger partial charge is 0.306 e. The maximum Gasteiger partial charge on any atom is 0.306 e. The molecule has 0 N–H and O–H groups in total. The Kier molecular flexibility index (Phi) is 51.4. The number of rotatable bonds is 49. The Morgan fingerprint density at radius 3 is 1.11 bits per heavy atom. The average Bonchev–Trinajstić information content (AvgIpc) is 3.31. The van der Waals surface area contributed by atoms with Gasteiger partial charge in [0.05, 0.1) is 0 Å². The molecule has 0 aliphatic heterocycles. The predicted octanol–water partition coefficient (Wildman–Crippen LogP) is 18.4. The normalized spacial score (nSPS) is 12.7. The number of esters is 3. The largest absolute Gasteiger partial charge is 0.462 e. The zero-order chi connectivity index (χ0) is 47.9. The first kappa shape index (κ1) is 62.6. The monoisotopic (exact) mass is 919 g/mol. The lowest BCUT2D eigenvalue weighted by atomic mass is 10.1. The van der Waals surface area contributed by atoms with E-state index < -0.39 is 6.10 Å². The van der Waals surface area contributed by atoms with Gasteiger partial charge in [-0.25, -0.2) is 0 Å². The second-order valence-electron chi connectivity index (χ2n) is 18.2. The van der Waals surface area contributed by atoms with Crippen molar-refractivity contribution < 1.29 is 28.6 Å². The molecule has 0 aliphatic rings. The Bertz CT molecular complexity index is 1290. The Labute approximate surface area is 407 Å². The van der Waals surface area contributed by atoms with E-state index in [9.17, 15) is 14.4 Å². The number of allylic oxidation sites excluding steroid dienone is 14. The van der Waals surface area contributed by atoms with Crippen molar-refractivity contribution in [2.45, 2.75) is 264 Å². The summed E-state index contributed by atoms with van der Waals surface area (Å²) in [6.07, 6.45) is 70.0. The second-order valence-corrected chi connectivity index (χ2v) is 18.2. The van der Waals surface area contributed by atoms with Crippen LogP contribution in [0.5, 0.6) is 0 Å². The van der Waals surface area contributed by atoms with Crippen LogP contribution in [0.3, 0.4) is 0 Å². The minimum absolute atomic E-state index is 0.0912. The van der Waals surface area contributed by atoms with E-state index in [0.717, 1.165) is 103 Å². The van der Waals surface area contributed by atoms with Gasteiger partial charge in [0, 0.05) is 19.3 Å². The van der Waals surface area contributed by atoms with Gasteiger partial charge >= 0.3 is 17.9 Å². The molecule has 0 bridgehead atoms. The van der Waals surface area contributed by atoms with Crippen molar-refractivity contribution >= 4 is 17.9 Å². The van der Waals surface area contributed by atoms with Gasteiger partial charge in [-0.2, -0.15) is 0 Å². The van der Waals surface area contributed by atoms with E-state index in [-0.39, 0.29) is 31.1 Å². The highest BCUT2D eigenvalue weighted by Crippen LogP contribution is 2.15. The van der Waals surface area contributed by atoms with Crippen molar-refractivity contribution in [3.8, 4) is 0 Å². The van der Waals surface area contributed by atoms with Gasteiger partial charge in [-0.3, -0.25) is 14.4 Å². The fourth-order valence-electron chi connectivity index (χ4n) is 7.60. The Balaban J connectivity index is 4.41. The van der Waals surface area contributed by atoms with Gasteiger partial charge in [0.1, 0.15) is 13.2 Å². The number of hydrogen-bond acceptors (Lipinski definition) is 6. The molecule has 378 valence electrons. The standard InChI is InChI=1S/C60H102O6/c1-4-7-10-13-16-19-22-25-28-29-30-31-33-35-38-41-44-47-50-53-59(62)65-56-57(55-64-58(61)52-49-46-43-40-37-34-27-24-21-18-15-12-9-6-3)66-60(63)54-51-48-45-42-39-36-32-26-23-20-17-14-11-8-5-2/h8-9,11-12,14,17-18,20-21,23,26,29-30,32,57H,4-7,10,13,15-16,19,22,24-25,27-28,31,33-56H2,1-3H3/b11-8-,12-9-,17-14-,21-18-,23-20-,30-29-,32-26-. The first-order valence-electron chi connectivity index (χ1n) is 27.6. The van der Waals surface area contributed by atoms with Crippen LogP contribution in [0.25, 0.3) is 0 Å². The quantitative estimate of drug-likeness (QED) is 0.0199. The third-order valence-corrected chi connectivity index (χ3v) is 11.7. The lowest BCUT2D eigenvalue weighted by molar-refractivity contribution is -0.167. The molecule has 6 heteroatoms. The van der Waals surface area contributed by atoms with Gasteiger partial charge in [0.2, 0.25) is 0 Å². The van der Waals surface area contributed by atoms with Crippen LogP contribution < -0.4 is 0 Å². The number of carbonyl (C=O) groups is 3. The Hall–Kier alpha value is -3.41. The molecule has 0 aliphatic carbocycles. The molecule has 0 spiro atoms. The number of ether oxygens (including phenoxy) is 3. The van der Waals surface area contributed by atoms with E-state index in [4.69, 9.17) is 14.2 Å². The van der Waals surface area contributed by atoms with Gasteiger partial charge in [0.15, 0.2) is 6.10 Å². The summed E-state index contributed by atoms with van der Waals surface area (Å²) >= 11 is 0. The number of carbonyl (C=O) groups excluding carboxylic acids is 3. The third kappa shape index (κ3) is 51.6. The highest BCUT2D eigenvalue weighted by Gasteiger charge is 2.19. The highest BCUT2D eigenvalue weighted by molar-refractivity contribution is 5.71. The maximum atomic E-state index is 12.8. The van der Waals surface area contributed by atoms with E-state index in [1.807, 2.05) is 18.2 Å². The maximum absolute atomic E-state index is 12.8. The number of unbranched alkanes of at least 4 members (excludes halogenated alkanes) is 27. The summed E-state index contributed by atoms with van der Waals surface area (Å²) in [6, 6.07) is 0. The van der Waals surface area contributed by atoms with Gasteiger partial charge in [-0.05, 0) is 89.9 Å². The molecule has 0 aromatic heterocycles. The molecule has 0 aromatic carbocycles. The molecule has 0 saturated carbocycles. The van der Waals surface area contributed by atoms with Crippen molar-refractivity contribution in [3.63, 3.8) is 0 Å². The van der Waals surface area contributed by atoms with Crippen LogP contribution >= 0.6 is 0 Å². The molecule has 1 atom stereocenters. The summed E-state index contributed by atoms with van der Waals surface area (Å²) < 4.78 is 16.8. The minimum Gasteiger partial charge on any atom is -0.462 e. The van der Waals surface area contributed by atoms with Crippen LogP contribution in [0.4, 0.5) is 0 Å². The Morgan fingerprint density at radius 2 is 0.667 bits per heavy atom. The van der Waals surface area contributed by atoms with Gasteiger partial charge in [-0.15, -0.1) is 0 Å². The second kappa shape index (κ2) is 54.2. The zero-order valence-corrected chi connectivity index (χ0v) is 43.2. The van der Waals surface area contributed by atoms with Crippen molar-refractivity contribution in [2.75, 3.05) is 13.2 Å². The minimum atomic E-state index is -0.794. The zero-order valence-electron chi connectivity index (χ0n) is 43.2. The molecule has 6 nitrogen and oxygen atoms in total. The van der Waals surface area contributed by atoms with E-state index in [1.54, 1.807) is 0 Å². The molecule has 0 rings (SSSR count).